The highest BCUT2D eigenvalue weighted by atomic mass is 79.9. The van der Waals surface area contributed by atoms with Gasteiger partial charge in [-0.25, -0.2) is 0 Å². The monoisotopic (exact) mass is 301 g/mol. The molecule has 0 saturated carbocycles. The predicted octanol–water partition coefficient (Wildman–Crippen LogP) is 4.48. The van der Waals surface area contributed by atoms with E-state index in [1.165, 1.54) is 31.4 Å². The van der Waals surface area contributed by atoms with Gasteiger partial charge in [0.15, 0.2) is 0 Å². The third-order valence-corrected chi connectivity index (χ3v) is 4.30. The molecule has 1 heterocycles. The van der Waals surface area contributed by atoms with Gasteiger partial charge < -0.3 is 0 Å². The van der Waals surface area contributed by atoms with E-state index in [1.807, 2.05) is 12.1 Å². The first kappa shape index (κ1) is 12.4. The molecule has 1 atom stereocenters. The first-order chi connectivity index (χ1) is 7.66. The van der Waals surface area contributed by atoms with Crippen molar-refractivity contribution < 1.29 is 0 Å². The molecule has 1 aromatic rings. The number of rotatable bonds is 2. The summed E-state index contributed by atoms with van der Waals surface area (Å²) in [6.07, 6.45) is 4.03. The summed E-state index contributed by atoms with van der Waals surface area (Å²) in [5, 5.41) is 0.794. The zero-order chi connectivity index (χ0) is 11.5. The normalized spacial score (nSPS) is 22.3. The second-order valence-corrected chi connectivity index (χ2v) is 5.84. The Morgan fingerprint density at radius 2 is 2.25 bits per heavy atom. The molecule has 1 aromatic carbocycles. The van der Waals surface area contributed by atoms with Gasteiger partial charge in [-0.2, -0.15) is 0 Å². The highest BCUT2D eigenvalue weighted by Crippen LogP contribution is 2.25. The average molecular weight is 303 g/mol. The van der Waals surface area contributed by atoms with E-state index in [9.17, 15) is 0 Å². The van der Waals surface area contributed by atoms with Gasteiger partial charge in [-0.3, -0.25) is 4.90 Å². The Morgan fingerprint density at radius 3 is 2.94 bits per heavy atom. The summed E-state index contributed by atoms with van der Waals surface area (Å²) in [6.45, 7) is 4.57. The fourth-order valence-electron chi connectivity index (χ4n) is 2.26. The molecule has 3 heteroatoms. The Morgan fingerprint density at radius 1 is 1.44 bits per heavy atom. The Labute approximate surface area is 111 Å². The van der Waals surface area contributed by atoms with Gasteiger partial charge in [-0.15, -0.1) is 0 Å². The summed E-state index contributed by atoms with van der Waals surface area (Å²) in [4.78, 5) is 2.55. The molecule has 0 aromatic heterocycles. The van der Waals surface area contributed by atoms with E-state index >= 15 is 0 Å². The molecule has 1 nitrogen and oxygen atoms in total. The van der Waals surface area contributed by atoms with Crippen LogP contribution < -0.4 is 0 Å². The number of likely N-dealkylation sites (tertiary alicyclic amines) is 1. The number of halogens is 2. The maximum Gasteiger partial charge on any atom is 0.0417 e. The molecule has 1 fully saturated rings. The number of hydrogen-bond donors (Lipinski definition) is 0. The minimum Gasteiger partial charge on any atom is -0.296 e. The van der Waals surface area contributed by atoms with Crippen molar-refractivity contribution in [1.29, 1.82) is 0 Å². The van der Waals surface area contributed by atoms with Crippen LogP contribution in [0.25, 0.3) is 0 Å². The molecule has 0 spiro atoms. The Hall–Kier alpha value is -0.0500. The second kappa shape index (κ2) is 5.52. The molecule has 0 N–H and O–H groups in total. The van der Waals surface area contributed by atoms with Crippen molar-refractivity contribution in [2.45, 2.75) is 38.8 Å². The SMILES string of the molecule is CC1CCCCN1Cc1ccc(Cl)cc1Br. The molecule has 1 saturated heterocycles. The third kappa shape index (κ3) is 2.99. The lowest BCUT2D eigenvalue weighted by Crippen LogP contribution is -2.36. The first-order valence-electron chi connectivity index (χ1n) is 5.85. The van der Waals surface area contributed by atoms with Gasteiger partial charge in [0.25, 0.3) is 0 Å². The van der Waals surface area contributed by atoms with Crippen molar-refractivity contribution in [3.05, 3.63) is 33.3 Å². The molecular weight excluding hydrogens is 286 g/mol. The smallest absolute Gasteiger partial charge is 0.0417 e. The summed E-state index contributed by atoms with van der Waals surface area (Å²) < 4.78 is 1.12. The molecule has 16 heavy (non-hydrogen) atoms. The maximum atomic E-state index is 5.94. The van der Waals surface area contributed by atoms with Gasteiger partial charge >= 0.3 is 0 Å². The van der Waals surface area contributed by atoms with Gasteiger partial charge in [0, 0.05) is 22.1 Å². The summed E-state index contributed by atoms with van der Waals surface area (Å²) in [5.74, 6) is 0. The van der Waals surface area contributed by atoms with Gasteiger partial charge in [0.05, 0.1) is 0 Å². The van der Waals surface area contributed by atoms with E-state index in [1.54, 1.807) is 0 Å². The van der Waals surface area contributed by atoms with E-state index in [-0.39, 0.29) is 0 Å². The number of hydrogen-bond acceptors (Lipinski definition) is 1. The van der Waals surface area contributed by atoms with Crippen LogP contribution in [-0.4, -0.2) is 17.5 Å². The van der Waals surface area contributed by atoms with Gasteiger partial charge in [0.1, 0.15) is 0 Å². The van der Waals surface area contributed by atoms with E-state index in [4.69, 9.17) is 11.6 Å². The summed E-state index contributed by atoms with van der Waals surface area (Å²) in [7, 11) is 0. The second-order valence-electron chi connectivity index (χ2n) is 4.55. The van der Waals surface area contributed by atoms with Crippen LogP contribution in [-0.2, 0) is 6.54 Å². The standard InChI is InChI=1S/C13H17BrClN/c1-10-4-2-3-7-16(10)9-11-5-6-12(15)8-13(11)14/h5-6,8,10H,2-4,7,9H2,1H3. The van der Waals surface area contributed by atoms with Crippen molar-refractivity contribution in [2.75, 3.05) is 6.54 Å². The fourth-order valence-corrected chi connectivity index (χ4v) is 3.07. The topological polar surface area (TPSA) is 3.24 Å². The van der Waals surface area contributed by atoms with Crippen LogP contribution in [0.3, 0.4) is 0 Å². The van der Waals surface area contributed by atoms with Gasteiger partial charge in [-0.1, -0.05) is 40.0 Å². The summed E-state index contributed by atoms with van der Waals surface area (Å²) >= 11 is 9.53. The van der Waals surface area contributed by atoms with Crippen molar-refractivity contribution in [3.8, 4) is 0 Å². The van der Waals surface area contributed by atoms with Crippen LogP contribution in [0.5, 0.6) is 0 Å². The molecular formula is C13H17BrClN. The quantitative estimate of drug-likeness (QED) is 0.779. The van der Waals surface area contributed by atoms with Crippen molar-refractivity contribution in [1.82, 2.24) is 4.90 Å². The molecule has 1 aliphatic heterocycles. The van der Waals surface area contributed by atoms with E-state index in [0.29, 0.717) is 6.04 Å². The van der Waals surface area contributed by atoms with Crippen molar-refractivity contribution in [3.63, 3.8) is 0 Å². The molecule has 0 aliphatic carbocycles. The number of piperidine rings is 1. The van der Waals surface area contributed by atoms with E-state index in [0.717, 1.165) is 16.0 Å². The molecule has 2 rings (SSSR count). The lowest BCUT2D eigenvalue weighted by molar-refractivity contribution is 0.152. The van der Waals surface area contributed by atoms with Crippen LogP contribution in [0.15, 0.2) is 22.7 Å². The Balaban J connectivity index is 2.07. The Bertz CT molecular complexity index is 367. The summed E-state index contributed by atoms with van der Waals surface area (Å²) in [5.41, 5.74) is 1.33. The lowest BCUT2D eigenvalue weighted by Gasteiger charge is -2.33. The molecule has 1 unspecified atom stereocenters. The highest BCUT2D eigenvalue weighted by molar-refractivity contribution is 9.10. The van der Waals surface area contributed by atoms with Crippen LogP contribution in [0.1, 0.15) is 31.7 Å². The lowest BCUT2D eigenvalue weighted by atomic mass is 10.0. The van der Waals surface area contributed by atoms with Crippen LogP contribution in [0.4, 0.5) is 0 Å². The first-order valence-corrected chi connectivity index (χ1v) is 7.02. The minimum absolute atomic E-state index is 0.705. The fraction of sp³-hybridized carbons (Fsp3) is 0.538. The molecule has 88 valence electrons. The molecule has 0 bridgehead atoms. The van der Waals surface area contributed by atoms with Gasteiger partial charge in [-0.05, 0) is 44.0 Å². The Kier molecular flexibility index (Phi) is 4.28. The number of nitrogens with zero attached hydrogens (tertiary/aromatic N) is 1. The largest absolute Gasteiger partial charge is 0.296 e. The van der Waals surface area contributed by atoms with E-state index in [2.05, 4.69) is 33.8 Å². The average Bonchev–Trinajstić information content (AvgIpc) is 2.25. The number of benzene rings is 1. The van der Waals surface area contributed by atoms with Gasteiger partial charge in [0.2, 0.25) is 0 Å². The predicted molar refractivity (Wildman–Crippen MR) is 72.9 cm³/mol. The zero-order valence-corrected chi connectivity index (χ0v) is 11.9. The van der Waals surface area contributed by atoms with Crippen molar-refractivity contribution >= 4 is 27.5 Å². The van der Waals surface area contributed by atoms with Crippen LogP contribution >= 0.6 is 27.5 Å². The molecule has 0 radical (unpaired) electrons. The minimum atomic E-state index is 0.705. The maximum absolute atomic E-state index is 5.94. The van der Waals surface area contributed by atoms with Crippen LogP contribution in [0, 0.1) is 0 Å². The summed E-state index contributed by atoms with van der Waals surface area (Å²) in [6, 6.07) is 6.77. The highest BCUT2D eigenvalue weighted by Gasteiger charge is 2.18. The van der Waals surface area contributed by atoms with E-state index < -0.39 is 0 Å². The zero-order valence-electron chi connectivity index (χ0n) is 9.55. The molecule has 0 amide bonds. The third-order valence-electron chi connectivity index (χ3n) is 3.33. The van der Waals surface area contributed by atoms with Crippen LogP contribution in [0.2, 0.25) is 5.02 Å². The van der Waals surface area contributed by atoms with Crippen molar-refractivity contribution in [2.24, 2.45) is 0 Å². The molecule has 1 aliphatic rings.